The van der Waals surface area contributed by atoms with Crippen molar-refractivity contribution < 1.29 is 18.3 Å². The van der Waals surface area contributed by atoms with E-state index in [1.54, 1.807) is 30.3 Å². The third kappa shape index (κ3) is 3.81. The van der Waals surface area contributed by atoms with E-state index in [9.17, 15) is 13.6 Å². The van der Waals surface area contributed by atoms with E-state index in [0.717, 1.165) is 12.1 Å². The third-order valence-corrected chi connectivity index (χ3v) is 4.38. The lowest BCUT2D eigenvalue weighted by atomic mass is 10.0. The second-order valence-electron chi connectivity index (χ2n) is 5.82. The summed E-state index contributed by atoms with van der Waals surface area (Å²) in [4.78, 5) is 17.1. The zero-order chi connectivity index (χ0) is 20.3. The van der Waals surface area contributed by atoms with Crippen LogP contribution in [0.25, 0.3) is 11.3 Å². The maximum atomic E-state index is 14.2. The van der Waals surface area contributed by atoms with Gasteiger partial charge in [0, 0.05) is 23.3 Å². The number of hydrogen-bond donors (Lipinski definition) is 1. The Morgan fingerprint density at radius 3 is 2.39 bits per heavy atom. The number of nitrogens with zero attached hydrogens (tertiary/aromatic N) is 2. The van der Waals surface area contributed by atoms with Crippen LogP contribution < -0.4 is 10.6 Å². The van der Waals surface area contributed by atoms with Gasteiger partial charge < -0.3 is 10.5 Å². The first-order valence-corrected chi connectivity index (χ1v) is 8.59. The second kappa shape index (κ2) is 8.33. The number of hydrogen-bond acceptors (Lipinski definition) is 3. The Kier molecular flexibility index (Phi) is 5.87. The fourth-order valence-corrected chi connectivity index (χ4v) is 3.06. The molecule has 0 aliphatic heterocycles. The van der Waals surface area contributed by atoms with Crippen molar-refractivity contribution in [3.63, 3.8) is 0 Å². The van der Waals surface area contributed by atoms with Gasteiger partial charge in [0.15, 0.2) is 0 Å². The topological polar surface area (TPSA) is 68.5 Å². The maximum Gasteiger partial charge on any atom is 0.325 e. The Morgan fingerprint density at radius 2 is 1.75 bits per heavy atom. The zero-order valence-corrected chi connectivity index (χ0v) is 15.6. The van der Waals surface area contributed by atoms with E-state index < -0.39 is 23.4 Å². The number of amides is 2. The Hall–Kier alpha value is -3.03. The Morgan fingerprint density at radius 1 is 1.11 bits per heavy atom. The van der Waals surface area contributed by atoms with Crippen LogP contribution in [0, 0.1) is 11.6 Å². The van der Waals surface area contributed by atoms with E-state index in [1.165, 1.54) is 19.2 Å². The number of rotatable bonds is 5. The molecule has 3 rings (SSSR count). The van der Waals surface area contributed by atoms with Crippen LogP contribution in [0.1, 0.15) is 5.56 Å². The van der Waals surface area contributed by atoms with Crippen molar-refractivity contribution in [1.82, 2.24) is 4.98 Å². The molecule has 0 aliphatic rings. The molecule has 3 aromatic rings. The Balaban J connectivity index is 2.15. The SMILES string of the molecule is COCc1c(Cl)cccc1-c1cccc(N(C(N)=O)c2c(F)cccc2F)n1. The van der Waals surface area contributed by atoms with Crippen molar-refractivity contribution in [2.75, 3.05) is 12.0 Å². The fraction of sp³-hybridized carbons (Fsp3) is 0.100. The summed E-state index contributed by atoms with van der Waals surface area (Å²) in [6, 6.07) is 12.1. The van der Waals surface area contributed by atoms with Crippen molar-refractivity contribution in [2.45, 2.75) is 6.61 Å². The van der Waals surface area contributed by atoms with E-state index in [2.05, 4.69) is 4.98 Å². The Bertz CT molecular complexity index is 1010. The predicted molar refractivity (Wildman–Crippen MR) is 103 cm³/mol. The van der Waals surface area contributed by atoms with Gasteiger partial charge in [-0.25, -0.2) is 23.5 Å². The van der Waals surface area contributed by atoms with Crippen molar-refractivity contribution in [3.05, 3.63) is 76.8 Å². The molecule has 2 amide bonds. The molecule has 8 heteroatoms. The average Bonchev–Trinajstić information content (AvgIpc) is 2.66. The van der Waals surface area contributed by atoms with Gasteiger partial charge in [-0.15, -0.1) is 0 Å². The van der Waals surface area contributed by atoms with E-state index in [-0.39, 0.29) is 12.4 Å². The quantitative estimate of drug-likeness (QED) is 0.648. The molecule has 0 spiro atoms. The van der Waals surface area contributed by atoms with E-state index >= 15 is 0 Å². The molecule has 0 saturated heterocycles. The summed E-state index contributed by atoms with van der Waals surface area (Å²) in [6.07, 6.45) is 0. The van der Waals surface area contributed by atoms with Crippen LogP contribution in [0.3, 0.4) is 0 Å². The second-order valence-corrected chi connectivity index (χ2v) is 6.23. The first-order valence-electron chi connectivity index (χ1n) is 8.21. The third-order valence-electron chi connectivity index (χ3n) is 4.03. The van der Waals surface area contributed by atoms with Crippen molar-refractivity contribution >= 4 is 29.1 Å². The standard InChI is InChI=1S/C20H16ClF2N3O2/c1-28-11-13-12(5-2-6-14(13)21)17-9-4-10-18(25-17)26(20(24)27)19-15(22)7-3-8-16(19)23/h2-10H,11H2,1H3,(H2,24,27). The molecule has 0 aliphatic carbocycles. The minimum Gasteiger partial charge on any atom is -0.380 e. The number of carbonyl (C=O) groups excluding carboxylic acids is 1. The summed E-state index contributed by atoms with van der Waals surface area (Å²) in [6.45, 7) is 0.238. The number of pyridine rings is 1. The van der Waals surface area contributed by atoms with Crippen molar-refractivity contribution in [1.29, 1.82) is 0 Å². The monoisotopic (exact) mass is 403 g/mol. The molecular formula is C20H16ClF2N3O2. The van der Waals surface area contributed by atoms with Crippen LogP contribution in [-0.4, -0.2) is 18.1 Å². The summed E-state index contributed by atoms with van der Waals surface area (Å²) >= 11 is 6.26. The number of nitrogens with two attached hydrogens (primary N) is 1. The van der Waals surface area contributed by atoms with Crippen molar-refractivity contribution in [3.8, 4) is 11.3 Å². The number of para-hydroxylation sites is 1. The minimum atomic E-state index is -1.07. The molecule has 2 aromatic carbocycles. The highest BCUT2D eigenvalue weighted by Crippen LogP contribution is 2.33. The highest BCUT2D eigenvalue weighted by atomic mass is 35.5. The van der Waals surface area contributed by atoms with E-state index in [0.29, 0.717) is 26.7 Å². The van der Waals surface area contributed by atoms with Gasteiger partial charge in [0.1, 0.15) is 23.1 Å². The van der Waals surface area contributed by atoms with Crippen LogP contribution >= 0.6 is 11.6 Å². The maximum absolute atomic E-state index is 14.2. The van der Waals surface area contributed by atoms with Gasteiger partial charge in [-0.05, 0) is 30.3 Å². The normalized spacial score (nSPS) is 10.7. The van der Waals surface area contributed by atoms with Gasteiger partial charge in [0.2, 0.25) is 0 Å². The molecule has 28 heavy (non-hydrogen) atoms. The number of urea groups is 1. The average molecular weight is 404 g/mol. The predicted octanol–water partition coefficient (Wildman–Crippen LogP) is 5.04. The van der Waals surface area contributed by atoms with Crippen LogP contribution in [-0.2, 0) is 11.3 Å². The van der Waals surface area contributed by atoms with Gasteiger partial charge >= 0.3 is 6.03 Å². The number of halogens is 3. The molecule has 1 heterocycles. The first kappa shape index (κ1) is 19.7. The molecule has 0 atom stereocenters. The fourth-order valence-electron chi connectivity index (χ4n) is 2.83. The van der Waals surface area contributed by atoms with Gasteiger partial charge in [0.25, 0.3) is 0 Å². The molecule has 0 saturated carbocycles. The molecule has 0 unspecified atom stereocenters. The highest BCUT2D eigenvalue weighted by molar-refractivity contribution is 6.31. The molecule has 0 fully saturated rings. The van der Waals surface area contributed by atoms with Gasteiger partial charge in [-0.2, -0.15) is 0 Å². The number of anilines is 2. The van der Waals surface area contributed by atoms with Gasteiger partial charge in [-0.3, -0.25) is 0 Å². The summed E-state index contributed by atoms with van der Waals surface area (Å²) in [5.74, 6) is -1.90. The largest absolute Gasteiger partial charge is 0.380 e. The summed E-state index contributed by atoms with van der Waals surface area (Å²) in [5.41, 5.74) is 6.60. The minimum absolute atomic E-state index is 0.0302. The molecule has 144 valence electrons. The smallest absolute Gasteiger partial charge is 0.325 e. The van der Waals surface area contributed by atoms with Crippen LogP contribution in [0.15, 0.2) is 54.6 Å². The lowest BCUT2D eigenvalue weighted by Gasteiger charge is -2.21. The van der Waals surface area contributed by atoms with Crippen LogP contribution in [0.2, 0.25) is 5.02 Å². The molecule has 0 bridgehead atoms. The molecule has 5 nitrogen and oxygen atoms in total. The number of aromatic nitrogens is 1. The number of benzene rings is 2. The van der Waals surface area contributed by atoms with E-state index in [1.807, 2.05) is 0 Å². The lowest BCUT2D eigenvalue weighted by Crippen LogP contribution is -2.33. The van der Waals surface area contributed by atoms with Crippen LogP contribution in [0.4, 0.5) is 25.1 Å². The molecular weight excluding hydrogens is 388 g/mol. The lowest BCUT2D eigenvalue weighted by molar-refractivity contribution is 0.185. The number of carbonyl (C=O) groups is 1. The highest BCUT2D eigenvalue weighted by Gasteiger charge is 2.24. The number of ether oxygens (including phenoxy) is 1. The van der Waals surface area contributed by atoms with Gasteiger partial charge in [-0.1, -0.05) is 35.9 Å². The summed E-state index contributed by atoms with van der Waals surface area (Å²) < 4.78 is 33.7. The first-order chi connectivity index (χ1) is 13.4. The van der Waals surface area contributed by atoms with Crippen LogP contribution in [0.5, 0.6) is 0 Å². The summed E-state index contributed by atoms with van der Waals surface area (Å²) in [7, 11) is 1.53. The van der Waals surface area contributed by atoms with E-state index in [4.69, 9.17) is 22.1 Å². The zero-order valence-electron chi connectivity index (χ0n) is 14.8. The number of methoxy groups -OCH3 is 1. The molecule has 1 aromatic heterocycles. The molecule has 2 N–H and O–H groups in total. The Labute approximate surface area is 165 Å². The number of primary amides is 1. The van der Waals surface area contributed by atoms with Gasteiger partial charge in [0.05, 0.1) is 12.3 Å². The van der Waals surface area contributed by atoms with Crippen molar-refractivity contribution in [2.24, 2.45) is 5.73 Å². The molecule has 0 radical (unpaired) electrons. The summed E-state index contributed by atoms with van der Waals surface area (Å²) in [5, 5.41) is 0.485.